The zero-order valence-corrected chi connectivity index (χ0v) is 16.8. The first-order valence-corrected chi connectivity index (χ1v) is 9.58. The average Bonchev–Trinajstić information content (AvgIpc) is 2.73. The van der Waals surface area contributed by atoms with Crippen molar-refractivity contribution >= 4 is 29.3 Å². The lowest BCUT2D eigenvalue weighted by atomic mass is 10.2. The molecule has 0 radical (unpaired) electrons. The number of aromatic nitrogens is 1. The van der Waals surface area contributed by atoms with Crippen molar-refractivity contribution in [3.05, 3.63) is 54.0 Å². The van der Waals surface area contributed by atoms with Crippen LogP contribution < -0.4 is 10.2 Å². The second-order valence-electron chi connectivity index (χ2n) is 6.90. The third-order valence-corrected chi connectivity index (χ3v) is 4.73. The molecule has 8 nitrogen and oxygen atoms in total. The quantitative estimate of drug-likeness (QED) is 0.754. The summed E-state index contributed by atoms with van der Waals surface area (Å²) in [6, 6.07) is 9.21. The number of nitrogens with zero attached hydrogens (tertiary/aromatic N) is 3. The van der Waals surface area contributed by atoms with Gasteiger partial charge >= 0.3 is 5.97 Å². The molecule has 1 aromatic heterocycles. The first-order chi connectivity index (χ1) is 14.3. The molecular weight excluding hydrogens is 391 g/mol. The van der Waals surface area contributed by atoms with Crippen LogP contribution in [0.3, 0.4) is 0 Å². The Kier molecular flexibility index (Phi) is 6.61. The number of carbonyl (C=O) groups excluding carboxylic acids is 3. The summed E-state index contributed by atoms with van der Waals surface area (Å²) in [5, 5.41) is 2.62. The minimum atomic E-state index is -0.801. The van der Waals surface area contributed by atoms with Gasteiger partial charge in [0.25, 0.3) is 11.8 Å². The Morgan fingerprint density at radius 2 is 1.80 bits per heavy atom. The Balaban J connectivity index is 1.55. The van der Waals surface area contributed by atoms with Gasteiger partial charge in [-0.15, -0.1) is 0 Å². The van der Waals surface area contributed by atoms with Gasteiger partial charge in [0.1, 0.15) is 11.6 Å². The number of piperazine rings is 1. The molecular formula is C21H23FN4O4. The summed E-state index contributed by atoms with van der Waals surface area (Å²) in [6.45, 7) is 4.95. The summed E-state index contributed by atoms with van der Waals surface area (Å²) in [7, 11) is 0. The van der Waals surface area contributed by atoms with Crippen LogP contribution in [0, 0.1) is 5.82 Å². The summed E-state index contributed by atoms with van der Waals surface area (Å²) < 4.78 is 18.7. The molecule has 2 aromatic rings. The van der Waals surface area contributed by atoms with Crippen molar-refractivity contribution in [3.63, 3.8) is 0 Å². The molecule has 0 bridgehead atoms. The summed E-state index contributed by atoms with van der Waals surface area (Å²) in [5.41, 5.74) is 0.418. The van der Waals surface area contributed by atoms with Crippen molar-refractivity contribution in [3.8, 4) is 0 Å². The number of hydrogen-bond acceptors (Lipinski definition) is 6. The Morgan fingerprint density at radius 3 is 2.40 bits per heavy atom. The molecule has 0 aliphatic carbocycles. The number of anilines is 2. The van der Waals surface area contributed by atoms with Crippen LogP contribution in [0.5, 0.6) is 0 Å². The Hall–Kier alpha value is -3.49. The molecule has 0 saturated carbocycles. The van der Waals surface area contributed by atoms with E-state index in [0.29, 0.717) is 37.7 Å². The second kappa shape index (κ2) is 9.34. The molecule has 1 aliphatic rings. The number of ether oxygens (including phenoxy) is 1. The van der Waals surface area contributed by atoms with E-state index in [1.807, 2.05) is 4.90 Å². The Labute approximate surface area is 173 Å². The zero-order chi connectivity index (χ0) is 21.7. The van der Waals surface area contributed by atoms with Crippen molar-refractivity contribution in [2.75, 3.05) is 36.4 Å². The third-order valence-electron chi connectivity index (χ3n) is 4.73. The Morgan fingerprint density at radius 1 is 1.10 bits per heavy atom. The number of benzene rings is 1. The molecule has 1 fully saturated rings. The number of rotatable bonds is 5. The van der Waals surface area contributed by atoms with E-state index in [1.165, 1.54) is 31.3 Å². The average molecular weight is 414 g/mol. The lowest BCUT2D eigenvalue weighted by Gasteiger charge is -2.36. The largest absolute Gasteiger partial charge is 0.453 e. The standard InChI is InChI=1S/C21H23FN4O4/c1-14(30-15(2)27)21(29)26-11-9-25(10-12-26)19-8-7-16(13-23-19)24-20(28)17-5-3-4-6-18(17)22/h3-8,13-14H,9-12H2,1-2H3,(H,24,28)/t14-/m0/s1. The molecule has 2 amide bonds. The predicted octanol–water partition coefficient (Wildman–Crippen LogP) is 2.07. The van der Waals surface area contributed by atoms with Crippen molar-refractivity contribution in [2.45, 2.75) is 20.0 Å². The van der Waals surface area contributed by atoms with E-state index in [9.17, 15) is 18.8 Å². The van der Waals surface area contributed by atoms with Gasteiger partial charge in [-0.1, -0.05) is 12.1 Å². The van der Waals surface area contributed by atoms with Gasteiger partial charge in [-0.25, -0.2) is 9.37 Å². The third kappa shape index (κ3) is 5.11. The highest BCUT2D eigenvalue weighted by Gasteiger charge is 2.27. The number of hydrogen-bond donors (Lipinski definition) is 1. The van der Waals surface area contributed by atoms with Crippen molar-refractivity contribution in [1.82, 2.24) is 9.88 Å². The maximum Gasteiger partial charge on any atom is 0.303 e. The molecule has 30 heavy (non-hydrogen) atoms. The van der Waals surface area contributed by atoms with Crippen LogP contribution in [-0.4, -0.2) is 60.0 Å². The van der Waals surface area contributed by atoms with Crippen LogP contribution in [0.4, 0.5) is 15.9 Å². The molecule has 158 valence electrons. The molecule has 1 atom stereocenters. The molecule has 2 heterocycles. The van der Waals surface area contributed by atoms with Gasteiger partial charge in [0.05, 0.1) is 17.4 Å². The minimum absolute atomic E-state index is 0.0367. The SMILES string of the molecule is CC(=O)O[C@@H](C)C(=O)N1CCN(c2ccc(NC(=O)c3ccccc3F)cn2)CC1. The van der Waals surface area contributed by atoms with Gasteiger partial charge in [-0.3, -0.25) is 14.4 Å². The molecule has 1 saturated heterocycles. The number of halogens is 1. The fraction of sp³-hybridized carbons (Fsp3) is 0.333. The lowest BCUT2D eigenvalue weighted by Crippen LogP contribution is -2.51. The van der Waals surface area contributed by atoms with Gasteiger partial charge < -0.3 is 19.9 Å². The highest BCUT2D eigenvalue weighted by Crippen LogP contribution is 2.18. The zero-order valence-electron chi connectivity index (χ0n) is 16.8. The highest BCUT2D eigenvalue weighted by atomic mass is 19.1. The van der Waals surface area contributed by atoms with Gasteiger partial charge in [0.15, 0.2) is 6.10 Å². The fourth-order valence-electron chi connectivity index (χ4n) is 3.20. The molecule has 0 unspecified atom stereocenters. The van der Waals surface area contributed by atoms with Gasteiger partial charge in [0, 0.05) is 33.1 Å². The summed E-state index contributed by atoms with van der Waals surface area (Å²) in [5.74, 6) is -1.13. The molecule has 3 rings (SSSR count). The smallest absolute Gasteiger partial charge is 0.303 e. The summed E-state index contributed by atoms with van der Waals surface area (Å²) in [6.07, 6.45) is 0.707. The second-order valence-corrected chi connectivity index (χ2v) is 6.90. The number of carbonyl (C=O) groups is 3. The van der Waals surface area contributed by atoms with Crippen LogP contribution in [-0.2, 0) is 14.3 Å². The summed E-state index contributed by atoms with van der Waals surface area (Å²) in [4.78, 5) is 43.6. The Bertz CT molecular complexity index is 927. The van der Waals surface area contributed by atoms with Gasteiger partial charge in [0.2, 0.25) is 0 Å². The van der Waals surface area contributed by atoms with Crippen LogP contribution in [0.2, 0.25) is 0 Å². The van der Waals surface area contributed by atoms with Crippen LogP contribution in [0.15, 0.2) is 42.6 Å². The van der Waals surface area contributed by atoms with E-state index in [-0.39, 0.29) is 11.5 Å². The normalized spacial score (nSPS) is 14.8. The monoisotopic (exact) mass is 414 g/mol. The van der Waals surface area contributed by atoms with Crippen molar-refractivity contribution < 1.29 is 23.5 Å². The van der Waals surface area contributed by atoms with E-state index >= 15 is 0 Å². The first kappa shape index (κ1) is 21.2. The van der Waals surface area contributed by atoms with Gasteiger partial charge in [-0.05, 0) is 31.2 Å². The highest BCUT2D eigenvalue weighted by molar-refractivity contribution is 6.04. The predicted molar refractivity (Wildman–Crippen MR) is 109 cm³/mol. The number of pyridine rings is 1. The number of nitrogens with one attached hydrogen (secondary N) is 1. The van der Waals surface area contributed by atoms with Crippen LogP contribution >= 0.6 is 0 Å². The molecule has 1 aromatic carbocycles. The topological polar surface area (TPSA) is 91.8 Å². The summed E-state index contributed by atoms with van der Waals surface area (Å²) >= 11 is 0. The van der Waals surface area contributed by atoms with E-state index in [0.717, 1.165) is 0 Å². The van der Waals surface area contributed by atoms with E-state index < -0.39 is 23.8 Å². The molecule has 0 spiro atoms. The maximum atomic E-state index is 13.7. The van der Waals surface area contributed by atoms with Crippen LogP contribution in [0.1, 0.15) is 24.2 Å². The first-order valence-electron chi connectivity index (χ1n) is 9.58. The minimum Gasteiger partial charge on any atom is -0.453 e. The van der Waals surface area contributed by atoms with Crippen LogP contribution in [0.25, 0.3) is 0 Å². The fourth-order valence-corrected chi connectivity index (χ4v) is 3.20. The lowest BCUT2D eigenvalue weighted by molar-refractivity contribution is -0.157. The van der Waals surface area contributed by atoms with E-state index in [1.54, 1.807) is 30.0 Å². The molecule has 1 aliphatic heterocycles. The van der Waals surface area contributed by atoms with Crippen molar-refractivity contribution in [1.29, 1.82) is 0 Å². The van der Waals surface area contributed by atoms with E-state index in [4.69, 9.17) is 4.74 Å². The molecule has 1 N–H and O–H groups in total. The van der Waals surface area contributed by atoms with Gasteiger partial charge in [-0.2, -0.15) is 0 Å². The number of amides is 2. The van der Waals surface area contributed by atoms with Crippen molar-refractivity contribution in [2.24, 2.45) is 0 Å². The number of esters is 1. The maximum absolute atomic E-state index is 13.7. The molecule has 9 heteroatoms. The van der Waals surface area contributed by atoms with E-state index in [2.05, 4.69) is 10.3 Å².